The summed E-state index contributed by atoms with van der Waals surface area (Å²) in [6, 6.07) is 0. The molecule has 1 nitrogen and oxygen atoms in total. The first-order chi connectivity index (χ1) is 5.31. The largest absolute Gasteiger partial charge is 0.300 e. The number of Topliss-reactive ketones (excluding diaryl/α,β-unsaturated/α-hetero) is 1. The van der Waals surface area contributed by atoms with Gasteiger partial charge in [-0.25, -0.2) is 0 Å². The van der Waals surface area contributed by atoms with Crippen molar-refractivity contribution in [2.45, 2.75) is 26.2 Å². The molecule has 0 fully saturated rings. The van der Waals surface area contributed by atoms with Gasteiger partial charge in [-0.05, 0) is 18.9 Å². The lowest BCUT2D eigenvalue weighted by atomic mass is 10.2. The van der Waals surface area contributed by atoms with Crippen molar-refractivity contribution in [1.29, 1.82) is 0 Å². The Bertz CT molecular complexity index is 164. The third-order valence-electron chi connectivity index (χ3n) is 1.29. The van der Waals surface area contributed by atoms with Crippen LogP contribution in [0.1, 0.15) is 26.2 Å². The highest BCUT2D eigenvalue weighted by Crippen LogP contribution is 2.00. The van der Waals surface area contributed by atoms with Crippen molar-refractivity contribution >= 4 is 17.5 Å². The Hall–Kier alpha value is -0.420. The van der Waals surface area contributed by atoms with Crippen molar-refractivity contribution in [3.8, 4) is 11.8 Å². The van der Waals surface area contributed by atoms with Gasteiger partial charge in [0.25, 0.3) is 0 Å². The summed E-state index contributed by atoms with van der Waals surface area (Å²) in [5, 5.41) is 0. The second-order valence-electron chi connectivity index (χ2n) is 2.21. The highest BCUT2D eigenvalue weighted by molar-refractivity contribution is 7.98. The molecule has 0 atom stereocenters. The van der Waals surface area contributed by atoms with Crippen LogP contribution in [0.3, 0.4) is 0 Å². The first-order valence-corrected chi connectivity index (χ1v) is 5.11. The van der Waals surface area contributed by atoms with Crippen molar-refractivity contribution in [2.75, 3.05) is 12.0 Å². The molecule has 0 aliphatic heterocycles. The quantitative estimate of drug-likeness (QED) is 0.588. The van der Waals surface area contributed by atoms with Gasteiger partial charge in [-0.2, -0.15) is 11.8 Å². The van der Waals surface area contributed by atoms with Gasteiger partial charge in [-0.3, -0.25) is 4.79 Å². The molecule has 0 aliphatic rings. The van der Waals surface area contributed by atoms with E-state index in [4.69, 9.17) is 0 Å². The second-order valence-corrected chi connectivity index (χ2v) is 3.19. The Morgan fingerprint density at radius 1 is 1.45 bits per heavy atom. The lowest BCUT2D eigenvalue weighted by Crippen LogP contribution is -1.97. The molecule has 62 valence electrons. The third-order valence-corrected chi connectivity index (χ3v) is 1.90. The first-order valence-electron chi connectivity index (χ1n) is 3.71. The van der Waals surface area contributed by atoms with E-state index < -0.39 is 0 Å². The monoisotopic (exact) mass is 170 g/mol. The third kappa shape index (κ3) is 7.48. The van der Waals surface area contributed by atoms with Crippen molar-refractivity contribution < 1.29 is 4.79 Å². The molecule has 0 bridgehead atoms. The Balaban J connectivity index is 3.27. The number of thioether (sulfide) groups is 1. The average Bonchev–Trinajstić information content (AvgIpc) is 2.01. The lowest BCUT2D eigenvalue weighted by Gasteiger charge is -1.94. The van der Waals surface area contributed by atoms with Gasteiger partial charge in [0.1, 0.15) is 5.78 Å². The Kier molecular flexibility index (Phi) is 7.39. The summed E-state index contributed by atoms with van der Waals surface area (Å²) in [5.41, 5.74) is 0. The van der Waals surface area contributed by atoms with Gasteiger partial charge in [-0.1, -0.05) is 0 Å². The van der Waals surface area contributed by atoms with Crippen LogP contribution in [0.2, 0.25) is 0 Å². The van der Waals surface area contributed by atoms with E-state index in [2.05, 4.69) is 11.8 Å². The van der Waals surface area contributed by atoms with Gasteiger partial charge >= 0.3 is 0 Å². The summed E-state index contributed by atoms with van der Waals surface area (Å²) in [4.78, 5) is 11.0. The molecule has 0 aromatic carbocycles. The molecule has 2 heteroatoms. The molecule has 0 saturated carbocycles. The fourth-order valence-electron chi connectivity index (χ4n) is 0.668. The second kappa shape index (κ2) is 7.68. The summed E-state index contributed by atoms with van der Waals surface area (Å²) in [7, 11) is 0. The van der Waals surface area contributed by atoms with E-state index in [1.165, 1.54) is 0 Å². The van der Waals surface area contributed by atoms with Crippen LogP contribution in [0.4, 0.5) is 0 Å². The number of ketones is 1. The molecule has 0 aliphatic carbocycles. The molecule has 0 spiro atoms. The standard InChI is InChI=1S/C9H14OS/c1-3-4-5-6-9(10)7-8-11-2/h5-8H2,1-2H3. The molecule has 0 radical (unpaired) electrons. The molecule has 0 heterocycles. The highest BCUT2D eigenvalue weighted by Gasteiger charge is 1.98. The molecule has 0 saturated heterocycles. The van der Waals surface area contributed by atoms with Crippen LogP contribution in [0.15, 0.2) is 0 Å². The van der Waals surface area contributed by atoms with Crippen molar-refractivity contribution in [3.05, 3.63) is 0 Å². The maximum atomic E-state index is 11.0. The minimum absolute atomic E-state index is 0.335. The van der Waals surface area contributed by atoms with E-state index in [-0.39, 0.29) is 0 Å². The molecular weight excluding hydrogens is 156 g/mol. The summed E-state index contributed by atoms with van der Waals surface area (Å²) < 4.78 is 0. The number of hydrogen-bond donors (Lipinski definition) is 0. The van der Waals surface area contributed by atoms with Crippen molar-refractivity contribution in [3.63, 3.8) is 0 Å². The summed E-state index contributed by atoms with van der Waals surface area (Å²) >= 11 is 1.71. The molecule has 0 aromatic heterocycles. The summed E-state index contributed by atoms with van der Waals surface area (Å²) in [6.07, 6.45) is 4.07. The van der Waals surface area contributed by atoms with Gasteiger partial charge in [0.2, 0.25) is 0 Å². The summed E-state index contributed by atoms with van der Waals surface area (Å²) in [6.45, 7) is 1.80. The lowest BCUT2D eigenvalue weighted by molar-refractivity contribution is -0.118. The maximum absolute atomic E-state index is 11.0. The van der Waals surface area contributed by atoms with Crippen molar-refractivity contribution in [2.24, 2.45) is 0 Å². The summed E-state index contributed by atoms with van der Waals surface area (Å²) in [5.74, 6) is 6.93. The number of rotatable bonds is 5. The van der Waals surface area contributed by atoms with Crippen LogP contribution < -0.4 is 0 Å². The van der Waals surface area contributed by atoms with Gasteiger partial charge in [0.15, 0.2) is 0 Å². The Morgan fingerprint density at radius 3 is 2.73 bits per heavy atom. The number of carbonyl (C=O) groups is 1. The zero-order chi connectivity index (χ0) is 8.53. The molecular formula is C9H14OS. The van der Waals surface area contributed by atoms with E-state index in [1.807, 2.05) is 6.26 Å². The fraction of sp³-hybridized carbons (Fsp3) is 0.667. The van der Waals surface area contributed by atoms with E-state index in [0.717, 1.165) is 12.2 Å². The van der Waals surface area contributed by atoms with Gasteiger partial charge in [0, 0.05) is 19.3 Å². The fourth-order valence-corrected chi connectivity index (χ4v) is 1.10. The SMILES string of the molecule is CC#CCCC(=O)CCSC. The Labute approximate surface area is 72.9 Å². The number of hydrogen-bond acceptors (Lipinski definition) is 2. The minimum atomic E-state index is 0.335. The zero-order valence-corrected chi connectivity index (χ0v) is 7.96. The predicted molar refractivity (Wildman–Crippen MR) is 50.7 cm³/mol. The molecule has 0 unspecified atom stereocenters. The van der Waals surface area contributed by atoms with E-state index in [1.54, 1.807) is 18.7 Å². The molecule has 0 amide bonds. The van der Waals surface area contributed by atoms with Crippen LogP contribution in [-0.4, -0.2) is 17.8 Å². The maximum Gasteiger partial charge on any atom is 0.134 e. The van der Waals surface area contributed by atoms with Gasteiger partial charge in [0.05, 0.1) is 0 Å². The predicted octanol–water partition coefficient (Wildman–Crippen LogP) is 2.11. The van der Waals surface area contributed by atoms with E-state index in [9.17, 15) is 4.79 Å². The topological polar surface area (TPSA) is 17.1 Å². The zero-order valence-electron chi connectivity index (χ0n) is 7.14. The first kappa shape index (κ1) is 10.6. The van der Waals surface area contributed by atoms with Crippen LogP contribution in [-0.2, 0) is 4.79 Å². The highest BCUT2D eigenvalue weighted by atomic mass is 32.2. The molecule has 0 rings (SSSR count). The van der Waals surface area contributed by atoms with Crippen LogP contribution >= 0.6 is 11.8 Å². The Morgan fingerprint density at radius 2 is 2.18 bits per heavy atom. The molecule has 0 N–H and O–H groups in total. The van der Waals surface area contributed by atoms with E-state index >= 15 is 0 Å². The normalized spacial score (nSPS) is 8.55. The average molecular weight is 170 g/mol. The molecule has 11 heavy (non-hydrogen) atoms. The number of carbonyl (C=O) groups excluding carboxylic acids is 1. The smallest absolute Gasteiger partial charge is 0.134 e. The molecule has 0 aromatic rings. The van der Waals surface area contributed by atoms with Gasteiger partial charge in [-0.15, -0.1) is 11.8 Å². The van der Waals surface area contributed by atoms with Gasteiger partial charge < -0.3 is 0 Å². The van der Waals surface area contributed by atoms with Crippen LogP contribution in [0.25, 0.3) is 0 Å². The van der Waals surface area contributed by atoms with E-state index in [0.29, 0.717) is 18.6 Å². The van der Waals surface area contributed by atoms with Crippen molar-refractivity contribution in [1.82, 2.24) is 0 Å². The minimum Gasteiger partial charge on any atom is -0.300 e. The van der Waals surface area contributed by atoms with Crippen LogP contribution in [0.5, 0.6) is 0 Å². The van der Waals surface area contributed by atoms with Crippen LogP contribution in [0, 0.1) is 11.8 Å².